The molecule has 2 aromatic carbocycles. The van der Waals surface area contributed by atoms with E-state index in [-0.39, 0.29) is 12.0 Å². The van der Waals surface area contributed by atoms with E-state index in [1.807, 2.05) is 24.1 Å². The maximum atomic E-state index is 13.0. The van der Waals surface area contributed by atoms with Crippen molar-refractivity contribution in [2.75, 3.05) is 20.2 Å². The smallest absolute Gasteiger partial charge is 0.254 e. The SMILES string of the molecule is CCc1cc2c(cc1Cc1ccc(C(=N)/C=C\NC)cc1)C(=O)N(CC1CCCO1)C2. The third kappa shape index (κ3) is 4.72. The molecule has 5 heteroatoms. The van der Waals surface area contributed by atoms with E-state index in [0.29, 0.717) is 18.8 Å². The average molecular weight is 418 g/mol. The van der Waals surface area contributed by atoms with Crippen LogP contribution < -0.4 is 5.32 Å². The largest absolute Gasteiger partial charge is 0.394 e. The van der Waals surface area contributed by atoms with Gasteiger partial charge in [0, 0.05) is 32.3 Å². The van der Waals surface area contributed by atoms with E-state index >= 15 is 0 Å². The number of amides is 1. The molecule has 5 nitrogen and oxygen atoms in total. The second-order valence-corrected chi connectivity index (χ2v) is 8.36. The monoisotopic (exact) mass is 417 g/mol. The van der Waals surface area contributed by atoms with Crippen LogP contribution in [-0.4, -0.2) is 42.8 Å². The van der Waals surface area contributed by atoms with Gasteiger partial charge in [-0.15, -0.1) is 0 Å². The molecule has 2 aliphatic rings. The van der Waals surface area contributed by atoms with E-state index in [1.54, 1.807) is 12.3 Å². The Morgan fingerprint density at radius 2 is 2.06 bits per heavy atom. The van der Waals surface area contributed by atoms with Gasteiger partial charge in [0.1, 0.15) is 0 Å². The highest BCUT2D eigenvalue weighted by Crippen LogP contribution is 2.29. The zero-order valence-corrected chi connectivity index (χ0v) is 18.4. The highest BCUT2D eigenvalue weighted by molar-refractivity contribution is 6.06. The van der Waals surface area contributed by atoms with Crippen LogP contribution in [0.15, 0.2) is 48.7 Å². The van der Waals surface area contributed by atoms with Crippen LogP contribution in [0.25, 0.3) is 0 Å². The number of allylic oxidation sites excluding steroid dienone is 1. The summed E-state index contributed by atoms with van der Waals surface area (Å²) in [5.41, 5.74) is 7.06. The number of carbonyl (C=O) groups is 1. The summed E-state index contributed by atoms with van der Waals surface area (Å²) in [6.45, 7) is 4.37. The third-order valence-corrected chi connectivity index (χ3v) is 6.21. The van der Waals surface area contributed by atoms with Crippen LogP contribution in [-0.2, 0) is 24.1 Å². The van der Waals surface area contributed by atoms with Crippen LogP contribution in [0.1, 0.15) is 57.9 Å². The molecule has 0 aliphatic carbocycles. The second-order valence-electron chi connectivity index (χ2n) is 8.36. The van der Waals surface area contributed by atoms with Gasteiger partial charge in [0.05, 0.1) is 11.8 Å². The predicted molar refractivity (Wildman–Crippen MR) is 124 cm³/mol. The van der Waals surface area contributed by atoms with Crippen molar-refractivity contribution in [3.63, 3.8) is 0 Å². The van der Waals surface area contributed by atoms with Crippen molar-refractivity contribution in [2.45, 2.75) is 45.3 Å². The van der Waals surface area contributed by atoms with E-state index in [9.17, 15) is 4.79 Å². The summed E-state index contributed by atoms with van der Waals surface area (Å²) in [5, 5.41) is 11.0. The summed E-state index contributed by atoms with van der Waals surface area (Å²) < 4.78 is 5.74. The van der Waals surface area contributed by atoms with E-state index in [1.165, 1.54) is 16.7 Å². The van der Waals surface area contributed by atoms with E-state index in [4.69, 9.17) is 10.1 Å². The first-order valence-electron chi connectivity index (χ1n) is 11.2. The summed E-state index contributed by atoms with van der Waals surface area (Å²) in [5.74, 6) is 0.134. The molecule has 0 bridgehead atoms. The number of hydrogen-bond acceptors (Lipinski definition) is 4. The van der Waals surface area contributed by atoms with Crippen LogP contribution in [0.3, 0.4) is 0 Å². The van der Waals surface area contributed by atoms with Crippen LogP contribution in [0.4, 0.5) is 0 Å². The summed E-state index contributed by atoms with van der Waals surface area (Å²) in [6, 6.07) is 12.5. The van der Waals surface area contributed by atoms with Gasteiger partial charge in [0.25, 0.3) is 5.91 Å². The summed E-state index contributed by atoms with van der Waals surface area (Å²) in [7, 11) is 1.82. The fourth-order valence-corrected chi connectivity index (χ4v) is 4.48. The minimum atomic E-state index is 0.134. The molecular formula is C26H31N3O2. The second kappa shape index (κ2) is 9.48. The Hall–Kier alpha value is -2.92. The van der Waals surface area contributed by atoms with Crippen LogP contribution in [0, 0.1) is 5.41 Å². The lowest BCUT2D eigenvalue weighted by atomic mass is 9.93. The quantitative estimate of drug-likeness (QED) is 0.636. The molecule has 2 aromatic rings. The minimum absolute atomic E-state index is 0.134. The number of fused-ring (bicyclic) bond motifs is 1. The number of rotatable bonds is 8. The Labute approximate surface area is 184 Å². The maximum absolute atomic E-state index is 13.0. The first-order chi connectivity index (χ1) is 15.1. The molecular weight excluding hydrogens is 386 g/mol. The van der Waals surface area contributed by atoms with Crippen LogP contribution in [0.2, 0.25) is 0 Å². The molecule has 2 heterocycles. The zero-order valence-electron chi connectivity index (χ0n) is 18.4. The van der Waals surface area contributed by atoms with Gasteiger partial charge in [-0.2, -0.15) is 0 Å². The molecule has 0 spiro atoms. The van der Waals surface area contributed by atoms with E-state index in [2.05, 4.69) is 36.5 Å². The van der Waals surface area contributed by atoms with Crippen molar-refractivity contribution in [1.82, 2.24) is 10.2 Å². The van der Waals surface area contributed by atoms with Gasteiger partial charge in [-0.25, -0.2) is 0 Å². The molecule has 1 unspecified atom stereocenters. The predicted octanol–water partition coefficient (Wildman–Crippen LogP) is 4.08. The average Bonchev–Trinajstić information content (AvgIpc) is 3.40. The summed E-state index contributed by atoms with van der Waals surface area (Å²) >= 11 is 0. The van der Waals surface area contributed by atoms with Gasteiger partial charge in [-0.05, 0) is 71.8 Å². The van der Waals surface area contributed by atoms with Gasteiger partial charge >= 0.3 is 0 Å². The van der Waals surface area contributed by atoms with Crippen molar-refractivity contribution in [3.8, 4) is 0 Å². The van der Waals surface area contributed by atoms with E-state index < -0.39 is 0 Å². The number of ether oxygens (including phenoxy) is 1. The third-order valence-electron chi connectivity index (χ3n) is 6.21. The highest BCUT2D eigenvalue weighted by Gasteiger charge is 2.31. The zero-order chi connectivity index (χ0) is 21.8. The summed E-state index contributed by atoms with van der Waals surface area (Å²) in [4.78, 5) is 15.0. The van der Waals surface area contributed by atoms with Gasteiger partial charge in [0.2, 0.25) is 0 Å². The van der Waals surface area contributed by atoms with Crippen molar-refractivity contribution < 1.29 is 9.53 Å². The molecule has 1 amide bonds. The van der Waals surface area contributed by atoms with Gasteiger partial charge < -0.3 is 20.4 Å². The molecule has 162 valence electrons. The topological polar surface area (TPSA) is 65.4 Å². The number of hydrogen-bond donors (Lipinski definition) is 2. The van der Waals surface area contributed by atoms with Gasteiger partial charge in [-0.1, -0.05) is 37.3 Å². The molecule has 0 aromatic heterocycles. The van der Waals surface area contributed by atoms with Crippen LogP contribution in [0.5, 0.6) is 0 Å². The minimum Gasteiger partial charge on any atom is -0.394 e. The Morgan fingerprint density at radius 3 is 2.74 bits per heavy atom. The summed E-state index contributed by atoms with van der Waals surface area (Å²) in [6.07, 6.45) is 7.56. The Bertz CT molecular complexity index is 988. The molecule has 4 rings (SSSR count). The lowest BCUT2D eigenvalue weighted by Crippen LogP contribution is -2.32. The Balaban J connectivity index is 1.51. The molecule has 1 saturated heterocycles. The number of aryl methyl sites for hydroxylation is 1. The normalized spacial score (nSPS) is 18.1. The Morgan fingerprint density at radius 1 is 1.26 bits per heavy atom. The lowest BCUT2D eigenvalue weighted by Gasteiger charge is -2.19. The fraction of sp³-hybridized carbons (Fsp3) is 0.385. The number of benzene rings is 2. The molecule has 1 atom stereocenters. The maximum Gasteiger partial charge on any atom is 0.254 e. The number of carbonyl (C=O) groups excluding carboxylic acids is 1. The first-order valence-corrected chi connectivity index (χ1v) is 11.2. The number of nitrogens with one attached hydrogen (secondary N) is 2. The van der Waals surface area contributed by atoms with Crippen molar-refractivity contribution in [3.05, 3.63) is 82.1 Å². The number of nitrogens with zero attached hydrogens (tertiary/aromatic N) is 1. The van der Waals surface area contributed by atoms with Crippen molar-refractivity contribution in [1.29, 1.82) is 5.41 Å². The molecule has 2 aliphatic heterocycles. The lowest BCUT2D eigenvalue weighted by molar-refractivity contribution is 0.0545. The van der Waals surface area contributed by atoms with E-state index in [0.717, 1.165) is 49.0 Å². The standard InChI is InChI=1S/C26H31N3O2/c1-3-19-14-22-16-29(17-23-5-4-12-31-23)26(30)24(22)15-21(19)13-18-6-8-20(9-7-18)25(27)10-11-28-2/h6-11,14-15,23,27-28H,3-5,12-13,16-17H2,1-2H3/b11-10-,27-25?. The van der Waals surface area contributed by atoms with Gasteiger partial charge in [0.15, 0.2) is 0 Å². The van der Waals surface area contributed by atoms with Crippen molar-refractivity contribution in [2.24, 2.45) is 0 Å². The molecule has 0 saturated carbocycles. The van der Waals surface area contributed by atoms with Crippen LogP contribution >= 0.6 is 0 Å². The fourth-order valence-electron chi connectivity index (χ4n) is 4.48. The Kier molecular flexibility index (Phi) is 6.52. The molecule has 31 heavy (non-hydrogen) atoms. The van der Waals surface area contributed by atoms with Gasteiger partial charge in [-0.3, -0.25) is 4.79 Å². The molecule has 1 fully saturated rings. The highest BCUT2D eigenvalue weighted by atomic mass is 16.5. The molecule has 2 N–H and O–H groups in total. The van der Waals surface area contributed by atoms with Crippen molar-refractivity contribution >= 4 is 11.6 Å². The first kappa shape index (κ1) is 21.3. The molecule has 0 radical (unpaired) electrons.